The SMILES string of the molecule is Cc1cccc(CN(C(=O)CCSc2ccc(Cl)cc2)[C@H](Cc2ccccc2)C(=O)NC(C)(C)C)c1. The van der Waals surface area contributed by atoms with Crippen LogP contribution in [0.3, 0.4) is 0 Å². The monoisotopic (exact) mass is 522 g/mol. The number of nitrogens with zero attached hydrogens (tertiary/aromatic N) is 1. The molecule has 0 bridgehead atoms. The molecule has 1 N–H and O–H groups in total. The lowest BCUT2D eigenvalue weighted by atomic mass is 10.00. The molecule has 3 rings (SSSR count). The van der Waals surface area contributed by atoms with E-state index in [9.17, 15) is 9.59 Å². The van der Waals surface area contributed by atoms with Crippen LogP contribution < -0.4 is 5.32 Å². The van der Waals surface area contributed by atoms with Gasteiger partial charge in [-0.2, -0.15) is 0 Å². The molecule has 0 aromatic heterocycles. The van der Waals surface area contributed by atoms with Gasteiger partial charge in [-0.3, -0.25) is 9.59 Å². The van der Waals surface area contributed by atoms with Gasteiger partial charge in [0.05, 0.1) is 0 Å². The number of aryl methyl sites for hydroxylation is 1. The van der Waals surface area contributed by atoms with Crippen molar-refractivity contribution in [2.24, 2.45) is 0 Å². The van der Waals surface area contributed by atoms with E-state index < -0.39 is 11.6 Å². The molecule has 6 heteroatoms. The van der Waals surface area contributed by atoms with Gasteiger partial charge in [0, 0.05) is 40.6 Å². The highest BCUT2D eigenvalue weighted by atomic mass is 35.5. The Bertz CT molecular complexity index is 1140. The Hall–Kier alpha value is -2.76. The Labute approximate surface area is 224 Å². The molecule has 0 aliphatic carbocycles. The normalized spacial score (nSPS) is 12.1. The van der Waals surface area contributed by atoms with E-state index in [1.54, 1.807) is 16.7 Å². The first-order chi connectivity index (χ1) is 17.1. The van der Waals surface area contributed by atoms with E-state index in [4.69, 9.17) is 11.6 Å². The molecule has 0 saturated heterocycles. The fourth-order valence-corrected chi connectivity index (χ4v) is 4.91. The van der Waals surface area contributed by atoms with Gasteiger partial charge in [0.15, 0.2) is 0 Å². The summed E-state index contributed by atoms with van der Waals surface area (Å²) >= 11 is 7.61. The van der Waals surface area contributed by atoms with Gasteiger partial charge >= 0.3 is 0 Å². The standard InChI is InChI=1S/C30H35ClN2O2S/c1-22-9-8-12-24(19-22)21-33(28(34)17-18-36-26-15-13-25(31)14-16-26)27(29(35)32-30(2,3)4)20-23-10-6-5-7-11-23/h5-16,19,27H,17-18,20-21H2,1-4H3,(H,32,35)/t27-/m1/s1. The fraction of sp³-hybridized carbons (Fsp3) is 0.333. The zero-order chi connectivity index (χ0) is 26.1. The topological polar surface area (TPSA) is 49.4 Å². The van der Waals surface area contributed by atoms with Crippen LogP contribution in [-0.2, 0) is 22.6 Å². The van der Waals surface area contributed by atoms with Crippen molar-refractivity contribution in [3.8, 4) is 0 Å². The number of halogens is 1. The van der Waals surface area contributed by atoms with Crippen LogP contribution in [0.25, 0.3) is 0 Å². The molecule has 0 unspecified atom stereocenters. The fourth-order valence-electron chi connectivity index (χ4n) is 3.94. The van der Waals surface area contributed by atoms with E-state index in [1.807, 2.05) is 100 Å². The number of hydrogen-bond acceptors (Lipinski definition) is 3. The first-order valence-corrected chi connectivity index (χ1v) is 13.6. The molecule has 0 radical (unpaired) electrons. The molecule has 190 valence electrons. The summed E-state index contributed by atoms with van der Waals surface area (Å²) < 4.78 is 0. The molecule has 0 spiro atoms. The third-order valence-electron chi connectivity index (χ3n) is 5.60. The minimum atomic E-state index is -0.625. The summed E-state index contributed by atoms with van der Waals surface area (Å²) in [5.41, 5.74) is 2.74. The van der Waals surface area contributed by atoms with Gasteiger partial charge in [0.25, 0.3) is 0 Å². The van der Waals surface area contributed by atoms with Gasteiger partial charge in [0.1, 0.15) is 6.04 Å². The van der Waals surface area contributed by atoms with Gasteiger partial charge in [0.2, 0.25) is 11.8 Å². The van der Waals surface area contributed by atoms with Crippen LogP contribution >= 0.6 is 23.4 Å². The van der Waals surface area contributed by atoms with Gasteiger partial charge in [-0.05, 0) is 63.1 Å². The Morgan fingerprint density at radius 3 is 2.25 bits per heavy atom. The van der Waals surface area contributed by atoms with Crippen molar-refractivity contribution in [3.63, 3.8) is 0 Å². The highest BCUT2D eigenvalue weighted by Crippen LogP contribution is 2.23. The number of hydrogen-bond donors (Lipinski definition) is 1. The molecule has 36 heavy (non-hydrogen) atoms. The summed E-state index contributed by atoms with van der Waals surface area (Å²) in [6, 6.07) is 25.0. The van der Waals surface area contributed by atoms with E-state index in [-0.39, 0.29) is 11.8 Å². The van der Waals surface area contributed by atoms with E-state index in [1.165, 1.54) is 0 Å². The van der Waals surface area contributed by atoms with Gasteiger partial charge in [-0.15, -0.1) is 11.8 Å². The lowest BCUT2D eigenvalue weighted by Gasteiger charge is -2.34. The lowest BCUT2D eigenvalue weighted by molar-refractivity contribution is -0.141. The zero-order valence-corrected chi connectivity index (χ0v) is 23.0. The Morgan fingerprint density at radius 2 is 1.61 bits per heavy atom. The van der Waals surface area contributed by atoms with Gasteiger partial charge in [-0.25, -0.2) is 0 Å². The first-order valence-electron chi connectivity index (χ1n) is 12.2. The lowest BCUT2D eigenvalue weighted by Crippen LogP contribution is -2.54. The average Bonchev–Trinajstić information content (AvgIpc) is 2.82. The zero-order valence-electron chi connectivity index (χ0n) is 21.5. The van der Waals surface area contributed by atoms with Crippen LogP contribution in [0, 0.1) is 6.92 Å². The van der Waals surface area contributed by atoms with Crippen LogP contribution in [0.4, 0.5) is 0 Å². The smallest absolute Gasteiger partial charge is 0.243 e. The Balaban J connectivity index is 1.86. The molecule has 3 aromatic rings. The molecule has 1 atom stereocenters. The summed E-state index contributed by atoms with van der Waals surface area (Å²) in [4.78, 5) is 30.1. The molecule has 2 amide bonds. The van der Waals surface area contributed by atoms with Crippen molar-refractivity contribution in [2.45, 2.75) is 63.6 Å². The third kappa shape index (κ3) is 9.03. The highest BCUT2D eigenvalue weighted by molar-refractivity contribution is 7.99. The van der Waals surface area contributed by atoms with Crippen molar-refractivity contribution in [2.75, 3.05) is 5.75 Å². The quantitative estimate of drug-likeness (QED) is 0.302. The second-order valence-electron chi connectivity index (χ2n) is 10.0. The van der Waals surface area contributed by atoms with Crippen molar-refractivity contribution in [3.05, 3.63) is 101 Å². The van der Waals surface area contributed by atoms with Crippen LogP contribution in [0.5, 0.6) is 0 Å². The van der Waals surface area contributed by atoms with E-state index in [0.717, 1.165) is 21.6 Å². The van der Waals surface area contributed by atoms with Gasteiger partial charge in [-0.1, -0.05) is 71.8 Å². The Kier molecular flexibility index (Phi) is 10.0. The van der Waals surface area contributed by atoms with E-state index >= 15 is 0 Å². The maximum Gasteiger partial charge on any atom is 0.243 e. The highest BCUT2D eigenvalue weighted by Gasteiger charge is 2.32. The number of carbonyl (C=O) groups is 2. The maximum absolute atomic E-state index is 13.7. The average molecular weight is 523 g/mol. The molecule has 0 heterocycles. The second kappa shape index (κ2) is 13.0. The number of amides is 2. The van der Waals surface area contributed by atoms with E-state index in [2.05, 4.69) is 11.4 Å². The number of benzene rings is 3. The maximum atomic E-state index is 13.7. The number of thioether (sulfide) groups is 1. The second-order valence-corrected chi connectivity index (χ2v) is 11.6. The van der Waals surface area contributed by atoms with Crippen LogP contribution in [0.1, 0.15) is 43.9 Å². The van der Waals surface area contributed by atoms with Crippen LogP contribution in [0.15, 0.2) is 83.8 Å². The molecular formula is C30H35ClN2O2S. The predicted octanol–water partition coefficient (Wildman–Crippen LogP) is 6.69. The molecule has 0 aliphatic rings. The number of carbonyl (C=O) groups excluding carboxylic acids is 2. The van der Waals surface area contributed by atoms with Crippen molar-refractivity contribution in [1.29, 1.82) is 0 Å². The summed E-state index contributed by atoms with van der Waals surface area (Å²) in [5.74, 6) is 0.435. The van der Waals surface area contributed by atoms with Crippen molar-refractivity contribution < 1.29 is 9.59 Å². The number of rotatable bonds is 10. The van der Waals surface area contributed by atoms with Crippen molar-refractivity contribution >= 4 is 35.2 Å². The Morgan fingerprint density at radius 1 is 0.944 bits per heavy atom. The molecule has 0 fully saturated rings. The molecular weight excluding hydrogens is 488 g/mol. The molecule has 3 aromatic carbocycles. The summed E-state index contributed by atoms with van der Waals surface area (Å²) in [7, 11) is 0. The first kappa shape index (κ1) is 27.8. The number of nitrogens with one attached hydrogen (secondary N) is 1. The van der Waals surface area contributed by atoms with Crippen molar-refractivity contribution in [1.82, 2.24) is 10.2 Å². The molecule has 4 nitrogen and oxygen atoms in total. The predicted molar refractivity (Wildman–Crippen MR) is 150 cm³/mol. The molecule has 0 aliphatic heterocycles. The minimum Gasteiger partial charge on any atom is -0.350 e. The largest absolute Gasteiger partial charge is 0.350 e. The van der Waals surface area contributed by atoms with Crippen LogP contribution in [-0.4, -0.2) is 34.0 Å². The summed E-state index contributed by atoms with van der Waals surface area (Å²) in [5, 5.41) is 3.80. The summed E-state index contributed by atoms with van der Waals surface area (Å²) in [6.07, 6.45) is 0.776. The van der Waals surface area contributed by atoms with Crippen LogP contribution in [0.2, 0.25) is 5.02 Å². The minimum absolute atomic E-state index is 0.0389. The van der Waals surface area contributed by atoms with E-state index in [0.29, 0.717) is 30.2 Å². The summed E-state index contributed by atoms with van der Waals surface area (Å²) in [6.45, 7) is 8.28. The molecule has 0 saturated carbocycles. The third-order valence-corrected chi connectivity index (χ3v) is 6.87. The van der Waals surface area contributed by atoms with Gasteiger partial charge < -0.3 is 10.2 Å².